The zero-order valence-electron chi connectivity index (χ0n) is 12.1. The highest BCUT2D eigenvalue weighted by Gasteiger charge is 2.20. The molecular weight excluding hydrogens is 242 g/mol. The minimum atomic E-state index is -0.773. The molecule has 0 aliphatic carbocycles. The highest BCUT2D eigenvalue weighted by atomic mass is 16.5. The lowest BCUT2D eigenvalue weighted by atomic mass is 10.1. The van der Waals surface area contributed by atoms with E-state index in [-0.39, 0.29) is 6.10 Å². The van der Waals surface area contributed by atoms with E-state index in [0.29, 0.717) is 13.0 Å². The van der Waals surface area contributed by atoms with Crippen LogP contribution in [0.1, 0.15) is 32.8 Å². The smallest absolute Gasteiger partial charge is 0.320 e. The first kappa shape index (κ1) is 15.5. The molecule has 4 heteroatoms. The lowest BCUT2D eigenvalue weighted by Gasteiger charge is -2.23. The molecule has 0 saturated carbocycles. The summed E-state index contributed by atoms with van der Waals surface area (Å²) >= 11 is 0. The summed E-state index contributed by atoms with van der Waals surface area (Å²) in [5, 5.41) is 9.10. The van der Waals surface area contributed by atoms with E-state index in [1.54, 1.807) is 0 Å². The van der Waals surface area contributed by atoms with Gasteiger partial charge in [0.05, 0.1) is 6.10 Å². The Hall–Kier alpha value is -1.55. The molecule has 4 nitrogen and oxygen atoms in total. The molecule has 1 atom stereocenters. The van der Waals surface area contributed by atoms with Crippen molar-refractivity contribution in [3.8, 4) is 5.75 Å². The third-order valence-electron chi connectivity index (χ3n) is 2.93. The van der Waals surface area contributed by atoms with Crippen LogP contribution < -0.4 is 4.74 Å². The molecule has 1 N–H and O–H groups in total. The summed E-state index contributed by atoms with van der Waals surface area (Å²) in [5.41, 5.74) is 1.08. The van der Waals surface area contributed by atoms with Crippen molar-refractivity contribution in [3.63, 3.8) is 0 Å². The zero-order valence-corrected chi connectivity index (χ0v) is 12.1. The predicted octanol–water partition coefficient (Wildman–Crippen LogP) is 2.77. The quantitative estimate of drug-likeness (QED) is 0.823. The Morgan fingerprint density at radius 2 is 1.89 bits per heavy atom. The Balaban J connectivity index is 2.64. The van der Waals surface area contributed by atoms with Gasteiger partial charge in [0.2, 0.25) is 0 Å². The second kappa shape index (κ2) is 7.14. The molecule has 1 aromatic carbocycles. The van der Waals surface area contributed by atoms with Gasteiger partial charge >= 0.3 is 5.97 Å². The molecule has 19 heavy (non-hydrogen) atoms. The van der Waals surface area contributed by atoms with E-state index >= 15 is 0 Å². The maximum absolute atomic E-state index is 11.1. The van der Waals surface area contributed by atoms with Crippen molar-refractivity contribution in [1.82, 2.24) is 4.90 Å². The Labute approximate surface area is 115 Å². The van der Waals surface area contributed by atoms with Gasteiger partial charge in [-0.2, -0.15) is 0 Å². The number of benzene rings is 1. The van der Waals surface area contributed by atoms with Crippen molar-refractivity contribution < 1.29 is 14.6 Å². The van der Waals surface area contributed by atoms with E-state index in [9.17, 15) is 4.79 Å². The maximum atomic E-state index is 11.1. The first-order valence-electron chi connectivity index (χ1n) is 6.62. The number of aliphatic carboxylic acids is 1. The molecule has 0 aliphatic heterocycles. The first-order valence-corrected chi connectivity index (χ1v) is 6.62. The van der Waals surface area contributed by atoms with Crippen LogP contribution in [0.25, 0.3) is 0 Å². The van der Waals surface area contributed by atoms with Gasteiger partial charge in [0.25, 0.3) is 0 Å². The van der Waals surface area contributed by atoms with Crippen LogP contribution in [0.4, 0.5) is 0 Å². The van der Waals surface area contributed by atoms with Gasteiger partial charge in [-0.25, -0.2) is 0 Å². The fraction of sp³-hybridized carbons (Fsp3) is 0.533. The molecule has 0 radical (unpaired) electrons. The molecule has 0 aromatic heterocycles. The fourth-order valence-corrected chi connectivity index (χ4v) is 2.02. The number of carboxylic acid groups (broad SMARTS) is 1. The lowest BCUT2D eigenvalue weighted by Crippen LogP contribution is -2.37. The number of ether oxygens (including phenoxy) is 1. The predicted molar refractivity (Wildman–Crippen MR) is 75.4 cm³/mol. The first-order chi connectivity index (χ1) is 8.93. The number of likely N-dealkylation sites (N-methyl/N-ethyl adjacent to an activating group) is 1. The molecule has 0 saturated heterocycles. The monoisotopic (exact) mass is 265 g/mol. The number of hydrogen-bond acceptors (Lipinski definition) is 3. The van der Waals surface area contributed by atoms with E-state index < -0.39 is 12.0 Å². The molecule has 0 heterocycles. The number of hydrogen-bond donors (Lipinski definition) is 1. The van der Waals surface area contributed by atoms with Gasteiger partial charge in [0, 0.05) is 6.54 Å². The molecule has 1 rings (SSSR count). The van der Waals surface area contributed by atoms with Crippen molar-refractivity contribution >= 4 is 5.97 Å². The van der Waals surface area contributed by atoms with E-state index in [4.69, 9.17) is 9.84 Å². The number of nitrogens with zero attached hydrogens (tertiary/aromatic N) is 1. The van der Waals surface area contributed by atoms with Crippen LogP contribution in [0.15, 0.2) is 24.3 Å². The molecule has 0 spiro atoms. The van der Waals surface area contributed by atoms with E-state index in [1.807, 2.05) is 57.0 Å². The molecule has 0 fully saturated rings. The molecule has 0 bridgehead atoms. The summed E-state index contributed by atoms with van der Waals surface area (Å²) < 4.78 is 5.57. The minimum absolute atomic E-state index is 0.157. The van der Waals surface area contributed by atoms with Gasteiger partial charge in [0.1, 0.15) is 11.8 Å². The van der Waals surface area contributed by atoms with Crippen LogP contribution in [0.3, 0.4) is 0 Å². The molecule has 1 aromatic rings. The standard InChI is InChI=1S/C15H23NO3/c1-5-14(15(17)18)16(4)10-12-6-8-13(9-7-12)19-11(2)3/h6-9,11,14H,5,10H2,1-4H3,(H,17,18). The van der Waals surface area contributed by atoms with Crippen LogP contribution in [0, 0.1) is 0 Å². The van der Waals surface area contributed by atoms with Crippen LogP contribution in [0.2, 0.25) is 0 Å². The molecular formula is C15H23NO3. The largest absolute Gasteiger partial charge is 0.491 e. The Morgan fingerprint density at radius 1 is 1.32 bits per heavy atom. The van der Waals surface area contributed by atoms with Crippen LogP contribution in [0.5, 0.6) is 5.75 Å². The van der Waals surface area contributed by atoms with Gasteiger partial charge in [0.15, 0.2) is 0 Å². The summed E-state index contributed by atoms with van der Waals surface area (Å²) in [6.45, 7) is 6.47. The molecule has 0 aliphatic rings. The van der Waals surface area contributed by atoms with Gasteiger partial charge in [-0.15, -0.1) is 0 Å². The normalized spacial score (nSPS) is 12.7. The highest BCUT2D eigenvalue weighted by Crippen LogP contribution is 2.16. The number of carboxylic acids is 1. The number of rotatable bonds is 7. The van der Waals surface area contributed by atoms with Crippen molar-refractivity contribution in [2.45, 2.75) is 45.9 Å². The Morgan fingerprint density at radius 3 is 2.32 bits per heavy atom. The van der Waals surface area contributed by atoms with Crippen molar-refractivity contribution in [3.05, 3.63) is 29.8 Å². The third-order valence-corrected chi connectivity index (χ3v) is 2.93. The van der Waals surface area contributed by atoms with E-state index in [1.165, 1.54) is 0 Å². The maximum Gasteiger partial charge on any atom is 0.320 e. The van der Waals surface area contributed by atoms with Gasteiger partial charge < -0.3 is 9.84 Å². The van der Waals surface area contributed by atoms with Crippen LogP contribution in [-0.2, 0) is 11.3 Å². The number of carbonyl (C=O) groups is 1. The average molecular weight is 265 g/mol. The Kier molecular flexibility index (Phi) is 5.83. The summed E-state index contributed by atoms with van der Waals surface area (Å²) in [4.78, 5) is 12.9. The van der Waals surface area contributed by atoms with E-state index in [2.05, 4.69) is 0 Å². The van der Waals surface area contributed by atoms with Gasteiger partial charge in [-0.3, -0.25) is 9.69 Å². The zero-order chi connectivity index (χ0) is 14.4. The summed E-state index contributed by atoms with van der Waals surface area (Å²) in [7, 11) is 1.83. The summed E-state index contributed by atoms with van der Waals surface area (Å²) in [6, 6.07) is 7.35. The van der Waals surface area contributed by atoms with E-state index in [0.717, 1.165) is 11.3 Å². The summed E-state index contributed by atoms with van der Waals surface area (Å²) in [5.74, 6) is 0.0661. The second-order valence-corrected chi connectivity index (χ2v) is 4.99. The topological polar surface area (TPSA) is 49.8 Å². The van der Waals surface area contributed by atoms with Crippen LogP contribution in [-0.4, -0.2) is 35.2 Å². The highest BCUT2D eigenvalue weighted by molar-refractivity contribution is 5.73. The third kappa shape index (κ3) is 4.91. The molecule has 0 amide bonds. The Bertz CT molecular complexity index is 400. The molecule has 106 valence electrons. The summed E-state index contributed by atoms with van der Waals surface area (Å²) in [6.07, 6.45) is 0.755. The van der Waals surface area contributed by atoms with Crippen molar-refractivity contribution in [2.75, 3.05) is 7.05 Å². The lowest BCUT2D eigenvalue weighted by molar-refractivity contribution is -0.143. The second-order valence-electron chi connectivity index (χ2n) is 4.99. The average Bonchev–Trinajstić information content (AvgIpc) is 2.31. The SMILES string of the molecule is CCC(C(=O)O)N(C)Cc1ccc(OC(C)C)cc1. The van der Waals surface area contributed by atoms with Gasteiger partial charge in [-0.05, 0) is 45.0 Å². The molecule has 1 unspecified atom stereocenters. The van der Waals surface area contributed by atoms with Crippen molar-refractivity contribution in [2.24, 2.45) is 0 Å². The fourth-order valence-electron chi connectivity index (χ4n) is 2.02. The van der Waals surface area contributed by atoms with Gasteiger partial charge in [-0.1, -0.05) is 19.1 Å². The van der Waals surface area contributed by atoms with Crippen molar-refractivity contribution in [1.29, 1.82) is 0 Å². The van der Waals surface area contributed by atoms with Crippen LogP contribution >= 0.6 is 0 Å². The minimum Gasteiger partial charge on any atom is -0.491 e.